The molecule has 5 aromatic rings. The second-order valence-corrected chi connectivity index (χ2v) is 11.2. The number of nitrogen functional groups attached to an aromatic ring is 1. The molecule has 3 N–H and O–H groups in total. The third kappa shape index (κ3) is 4.32. The fourth-order valence-electron chi connectivity index (χ4n) is 4.21. The van der Waals surface area contributed by atoms with Crippen LogP contribution >= 0.6 is 0 Å². The first-order chi connectivity index (χ1) is 18.0. The molecule has 0 saturated carbocycles. The number of aromatic amines is 1. The number of aromatic nitrogens is 6. The van der Waals surface area contributed by atoms with Crippen LogP contribution in [0.1, 0.15) is 58.5 Å². The van der Waals surface area contributed by atoms with Crippen LogP contribution in [0.15, 0.2) is 64.8 Å². The predicted octanol–water partition coefficient (Wildman–Crippen LogP) is 6.40. The number of rotatable bonds is 4. The molecule has 0 aliphatic carbocycles. The first-order valence-electron chi connectivity index (χ1n) is 12.3. The molecule has 2 aromatic carbocycles. The molecule has 0 unspecified atom stereocenters. The maximum Gasteiger partial charge on any atom is 0.231 e. The first-order valence-corrected chi connectivity index (χ1v) is 12.3. The number of imidazole rings is 1. The van der Waals surface area contributed by atoms with Crippen molar-refractivity contribution in [1.29, 1.82) is 5.26 Å². The van der Waals surface area contributed by atoms with Gasteiger partial charge in [-0.25, -0.2) is 9.67 Å². The molecule has 0 aliphatic rings. The summed E-state index contributed by atoms with van der Waals surface area (Å²) >= 11 is 0. The molecule has 10 nitrogen and oxygen atoms in total. The molecule has 192 valence electrons. The molecule has 0 amide bonds. The van der Waals surface area contributed by atoms with Gasteiger partial charge in [0.05, 0.1) is 28.1 Å². The molecule has 5 rings (SSSR count). The minimum absolute atomic E-state index is 0.267. The van der Waals surface area contributed by atoms with Crippen molar-refractivity contribution < 1.29 is 0 Å². The smallest absolute Gasteiger partial charge is 0.231 e. The van der Waals surface area contributed by atoms with Gasteiger partial charge in [-0.3, -0.25) is 0 Å². The van der Waals surface area contributed by atoms with Crippen LogP contribution in [0.25, 0.3) is 22.7 Å². The number of nitriles is 1. The van der Waals surface area contributed by atoms with Crippen molar-refractivity contribution >= 4 is 28.4 Å². The van der Waals surface area contributed by atoms with Crippen molar-refractivity contribution in [2.24, 2.45) is 10.2 Å². The Kier molecular flexibility index (Phi) is 5.87. The monoisotopic (exact) mass is 506 g/mol. The van der Waals surface area contributed by atoms with E-state index in [1.807, 2.05) is 96.1 Å². The van der Waals surface area contributed by atoms with Crippen LogP contribution in [0.2, 0.25) is 0 Å². The van der Waals surface area contributed by atoms with Crippen LogP contribution in [0, 0.1) is 11.3 Å². The summed E-state index contributed by atoms with van der Waals surface area (Å²) in [5.74, 6) is 1.06. The summed E-state index contributed by atoms with van der Waals surface area (Å²) in [5.41, 5.74) is 10.3. The molecule has 0 saturated heterocycles. The maximum absolute atomic E-state index is 10.2. The highest BCUT2D eigenvalue weighted by molar-refractivity contribution is 5.76. The van der Waals surface area contributed by atoms with E-state index < -0.39 is 5.41 Å². The number of hydrogen-bond acceptors (Lipinski definition) is 7. The van der Waals surface area contributed by atoms with E-state index in [0.717, 1.165) is 16.7 Å². The average molecular weight is 507 g/mol. The number of nitrogens with zero attached hydrogens (tertiary/aromatic N) is 8. The summed E-state index contributed by atoms with van der Waals surface area (Å²) in [6.45, 7) is 12.1. The van der Waals surface area contributed by atoms with Crippen LogP contribution in [0.5, 0.6) is 0 Å². The normalized spacial score (nSPS) is 12.4. The van der Waals surface area contributed by atoms with Gasteiger partial charge in [0.25, 0.3) is 0 Å². The molecule has 3 heterocycles. The number of H-pyrrole nitrogens is 1. The third-order valence-electron chi connectivity index (χ3n) is 6.11. The highest BCUT2D eigenvalue weighted by atomic mass is 15.4. The zero-order valence-electron chi connectivity index (χ0n) is 22.4. The Hall–Kier alpha value is -4.78. The maximum atomic E-state index is 10.2. The van der Waals surface area contributed by atoms with Gasteiger partial charge in [0.15, 0.2) is 17.3 Å². The van der Waals surface area contributed by atoms with Gasteiger partial charge in [-0.15, -0.1) is 10.2 Å². The van der Waals surface area contributed by atoms with Crippen molar-refractivity contribution in [3.8, 4) is 17.7 Å². The molecule has 0 fully saturated rings. The summed E-state index contributed by atoms with van der Waals surface area (Å²) in [6, 6.07) is 19.6. The van der Waals surface area contributed by atoms with E-state index in [1.165, 1.54) is 4.68 Å². The number of fused-ring (bicyclic) bond motifs is 1. The van der Waals surface area contributed by atoms with Crippen LogP contribution in [0.4, 0.5) is 17.3 Å². The number of hydrogen-bond donors (Lipinski definition) is 2. The van der Waals surface area contributed by atoms with E-state index in [2.05, 4.69) is 26.3 Å². The highest BCUT2D eigenvalue weighted by Gasteiger charge is 2.30. The first kappa shape index (κ1) is 24.9. The SMILES string of the molecule is CC(C)(C)c1nn(-c2nc3ccccc3[nH]2)c(N=Nc2c(C(C)(C)C)nn(-c3ccccc3)c2N)c1C#N. The molecular formula is C28H30N10. The molecule has 0 aliphatic heterocycles. The second kappa shape index (κ2) is 8.95. The van der Waals surface area contributed by atoms with Gasteiger partial charge < -0.3 is 10.7 Å². The number of benzene rings is 2. The Balaban J connectivity index is 1.72. The quantitative estimate of drug-likeness (QED) is 0.272. The van der Waals surface area contributed by atoms with Gasteiger partial charge in [0, 0.05) is 10.8 Å². The largest absolute Gasteiger partial charge is 0.382 e. The Morgan fingerprint density at radius 3 is 2.11 bits per heavy atom. The minimum atomic E-state index is -0.416. The van der Waals surface area contributed by atoms with Crippen molar-refractivity contribution in [1.82, 2.24) is 29.5 Å². The predicted molar refractivity (Wildman–Crippen MR) is 147 cm³/mol. The van der Waals surface area contributed by atoms with E-state index in [1.54, 1.807) is 4.68 Å². The molecule has 3 aromatic heterocycles. The van der Waals surface area contributed by atoms with Crippen molar-refractivity contribution in [2.75, 3.05) is 5.73 Å². The Bertz CT molecular complexity index is 1660. The van der Waals surface area contributed by atoms with E-state index in [0.29, 0.717) is 34.4 Å². The summed E-state index contributed by atoms with van der Waals surface area (Å²) in [5, 5.41) is 28.9. The average Bonchev–Trinajstić information content (AvgIpc) is 3.55. The van der Waals surface area contributed by atoms with Gasteiger partial charge in [0.2, 0.25) is 5.95 Å². The van der Waals surface area contributed by atoms with Gasteiger partial charge in [-0.1, -0.05) is 71.9 Å². The highest BCUT2D eigenvalue weighted by Crippen LogP contribution is 2.39. The molecule has 0 atom stereocenters. The molecule has 0 bridgehead atoms. The minimum Gasteiger partial charge on any atom is -0.382 e. The fraction of sp³-hybridized carbons (Fsp3) is 0.286. The zero-order chi connectivity index (χ0) is 27.2. The van der Waals surface area contributed by atoms with Crippen molar-refractivity contribution in [2.45, 2.75) is 52.4 Å². The summed E-state index contributed by atoms with van der Waals surface area (Å²) in [6.07, 6.45) is 0. The number of anilines is 1. The lowest BCUT2D eigenvalue weighted by Crippen LogP contribution is -2.14. The lowest BCUT2D eigenvalue weighted by molar-refractivity contribution is 0.557. The molecule has 0 radical (unpaired) electrons. The molecule has 0 spiro atoms. The van der Waals surface area contributed by atoms with E-state index in [-0.39, 0.29) is 11.2 Å². The number of azo groups is 1. The van der Waals surface area contributed by atoms with Gasteiger partial charge in [0.1, 0.15) is 11.6 Å². The molecule has 10 heteroatoms. The van der Waals surface area contributed by atoms with Gasteiger partial charge in [-0.05, 0) is 24.3 Å². The van der Waals surface area contributed by atoms with Crippen LogP contribution in [-0.2, 0) is 10.8 Å². The van der Waals surface area contributed by atoms with Gasteiger partial charge in [-0.2, -0.15) is 20.1 Å². The summed E-state index contributed by atoms with van der Waals surface area (Å²) < 4.78 is 3.20. The lowest BCUT2D eigenvalue weighted by atomic mass is 9.90. The third-order valence-corrected chi connectivity index (χ3v) is 6.11. The molecule has 38 heavy (non-hydrogen) atoms. The Morgan fingerprint density at radius 2 is 1.47 bits per heavy atom. The molecular weight excluding hydrogens is 476 g/mol. The second-order valence-electron chi connectivity index (χ2n) is 11.2. The van der Waals surface area contributed by atoms with Crippen molar-refractivity contribution in [3.63, 3.8) is 0 Å². The van der Waals surface area contributed by atoms with Gasteiger partial charge >= 0.3 is 0 Å². The topological polar surface area (TPSA) is 139 Å². The van der Waals surface area contributed by atoms with E-state index >= 15 is 0 Å². The summed E-state index contributed by atoms with van der Waals surface area (Å²) in [7, 11) is 0. The Morgan fingerprint density at radius 1 is 0.842 bits per heavy atom. The standard InChI is InChI=1S/C28H30N10/c1-27(2,3)22-18(16-29)25(38(35-22)26-31-19-14-10-11-15-20(19)32-26)34-33-21-23(28(4,5)6)36-37(24(21)30)17-12-8-7-9-13-17/h7-15H,30H2,1-6H3,(H,31,32). The Labute approximate surface area is 220 Å². The van der Waals surface area contributed by atoms with E-state index in [4.69, 9.17) is 15.9 Å². The van der Waals surface area contributed by atoms with Crippen molar-refractivity contribution in [3.05, 3.63) is 71.5 Å². The summed E-state index contributed by atoms with van der Waals surface area (Å²) in [4.78, 5) is 7.96. The zero-order valence-corrected chi connectivity index (χ0v) is 22.4. The number of para-hydroxylation sites is 3. The van der Waals surface area contributed by atoms with Crippen LogP contribution in [-0.4, -0.2) is 29.5 Å². The fourth-order valence-corrected chi connectivity index (χ4v) is 4.21. The van der Waals surface area contributed by atoms with Crippen LogP contribution in [0.3, 0.4) is 0 Å². The van der Waals surface area contributed by atoms with E-state index in [9.17, 15) is 5.26 Å². The number of nitrogens with one attached hydrogen (secondary N) is 1. The van der Waals surface area contributed by atoms with Crippen LogP contribution < -0.4 is 5.73 Å². The lowest BCUT2D eigenvalue weighted by Gasteiger charge is -2.15. The number of nitrogens with two attached hydrogens (primary N) is 1.